The van der Waals surface area contributed by atoms with Gasteiger partial charge in [-0.05, 0) is 41.3 Å². The summed E-state index contributed by atoms with van der Waals surface area (Å²) in [6, 6.07) is 12.5. The van der Waals surface area contributed by atoms with Crippen LogP contribution in [-0.2, 0) is 5.33 Å². The molecule has 0 bridgehead atoms. The smallest absolute Gasteiger partial charge is 0.161 e. The van der Waals surface area contributed by atoms with Crippen LogP contribution in [0.1, 0.15) is 11.1 Å². The van der Waals surface area contributed by atoms with E-state index in [4.69, 9.17) is 9.47 Å². The van der Waals surface area contributed by atoms with Crippen molar-refractivity contribution in [1.29, 1.82) is 0 Å². The fourth-order valence-corrected chi connectivity index (χ4v) is 2.96. The summed E-state index contributed by atoms with van der Waals surface area (Å²) in [4.78, 5) is 0. The molecule has 1 aliphatic heterocycles. The zero-order valence-electron chi connectivity index (χ0n) is 10.8. The topological polar surface area (TPSA) is 18.5 Å². The van der Waals surface area contributed by atoms with Gasteiger partial charge < -0.3 is 9.47 Å². The van der Waals surface area contributed by atoms with Gasteiger partial charge in [-0.3, -0.25) is 0 Å². The highest BCUT2D eigenvalue weighted by Gasteiger charge is 2.13. The minimum atomic E-state index is 0.622. The summed E-state index contributed by atoms with van der Waals surface area (Å²) in [6.45, 7) is 3.41. The molecule has 0 unspecified atom stereocenters. The molecule has 0 atom stereocenters. The van der Waals surface area contributed by atoms with Gasteiger partial charge in [0.1, 0.15) is 13.2 Å². The number of ether oxygens (including phenoxy) is 2. The number of halogens is 1. The maximum absolute atomic E-state index is 5.65. The quantitative estimate of drug-likeness (QED) is 0.767. The van der Waals surface area contributed by atoms with E-state index in [0.29, 0.717) is 13.2 Å². The normalized spacial score (nSPS) is 13.4. The number of hydrogen-bond donors (Lipinski definition) is 0. The molecule has 1 aliphatic rings. The average molecular weight is 319 g/mol. The monoisotopic (exact) mass is 318 g/mol. The molecule has 0 radical (unpaired) electrons. The molecule has 2 aromatic carbocycles. The van der Waals surface area contributed by atoms with Crippen LogP contribution in [0.15, 0.2) is 36.4 Å². The number of hydrogen-bond acceptors (Lipinski definition) is 2. The molecule has 2 aromatic rings. The van der Waals surface area contributed by atoms with Gasteiger partial charge >= 0.3 is 0 Å². The molecule has 1 heterocycles. The van der Waals surface area contributed by atoms with E-state index in [9.17, 15) is 0 Å². The Morgan fingerprint density at radius 3 is 2.63 bits per heavy atom. The highest BCUT2D eigenvalue weighted by molar-refractivity contribution is 9.08. The van der Waals surface area contributed by atoms with Crippen molar-refractivity contribution >= 4 is 15.9 Å². The lowest BCUT2D eigenvalue weighted by atomic mass is 9.97. The molecule has 3 rings (SSSR count). The number of benzene rings is 2. The first-order valence-electron chi connectivity index (χ1n) is 6.34. The van der Waals surface area contributed by atoms with E-state index in [0.717, 1.165) is 16.8 Å². The molecule has 3 heteroatoms. The van der Waals surface area contributed by atoms with Gasteiger partial charge in [-0.25, -0.2) is 0 Å². The fraction of sp³-hybridized carbons (Fsp3) is 0.250. The van der Waals surface area contributed by atoms with Crippen LogP contribution >= 0.6 is 15.9 Å². The van der Waals surface area contributed by atoms with E-state index in [1.165, 1.54) is 22.3 Å². The Hall–Kier alpha value is -1.48. The first-order valence-corrected chi connectivity index (χ1v) is 7.46. The van der Waals surface area contributed by atoms with Crippen LogP contribution in [0.4, 0.5) is 0 Å². The van der Waals surface area contributed by atoms with Crippen LogP contribution in [0.2, 0.25) is 0 Å². The Morgan fingerprint density at radius 2 is 1.84 bits per heavy atom. The third-order valence-electron chi connectivity index (χ3n) is 3.44. The van der Waals surface area contributed by atoms with Crippen LogP contribution in [0, 0.1) is 6.92 Å². The average Bonchev–Trinajstić information content (AvgIpc) is 2.47. The summed E-state index contributed by atoms with van der Waals surface area (Å²) in [5.41, 5.74) is 5.03. The van der Waals surface area contributed by atoms with Crippen molar-refractivity contribution in [2.45, 2.75) is 12.3 Å². The van der Waals surface area contributed by atoms with E-state index in [1.807, 2.05) is 6.07 Å². The van der Waals surface area contributed by atoms with Gasteiger partial charge in [0.15, 0.2) is 11.5 Å². The molecule has 0 spiro atoms. The van der Waals surface area contributed by atoms with Crippen molar-refractivity contribution in [3.05, 3.63) is 47.5 Å². The van der Waals surface area contributed by atoms with E-state index in [-0.39, 0.29) is 0 Å². The minimum Gasteiger partial charge on any atom is -0.486 e. The zero-order valence-corrected chi connectivity index (χ0v) is 12.4. The van der Waals surface area contributed by atoms with Crippen molar-refractivity contribution in [2.24, 2.45) is 0 Å². The van der Waals surface area contributed by atoms with E-state index < -0.39 is 0 Å². The Balaban J connectivity index is 2.07. The second kappa shape index (κ2) is 5.25. The minimum absolute atomic E-state index is 0.622. The van der Waals surface area contributed by atoms with Gasteiger partial charge in [-0.1, -0.05) is 40.2 Å². The van der Waals surface area contributed by atoms with Crippen LogP contribution in [0.5, 0.6) is 11.5 Å². The molecule has 0 saturated heterocycles. The van der Waals surface area contributed by atoms with Gasteiger partial charge in [-0.2, -0.15) is 0 Å². The summed E-state index contributed by atoms with van der Waals surface area (Å²) < 4.78 is 11.2. The van der Waals surface area contributed by atoms with Gasteiger partial charge in [0, 0.05) is 5.33 Å². The zero-order chi connectivity index (χ0) is 13.2. The number of rotatable bonds is 2. The summed E-state index contributed by atoms with van der Waals surface area (Å²) in [5, 5.41) is 0.872. The Kier molecular flexibility index (Phi) is 3.47. The molecule has 0 aromatic heterocycles. The third-order valence-corrected chi connectivity index (χ3v) is 4.05. The molecule has 0 fully saturated rings. The Bertz CT molecular complexity index is 608. The lowest BCUT2D eigenvalue weighted by molar-refractivity contribution is 0.171. The van der Waals surface area contributed by atoms with Gasteiger partial charge in [0.05, 0.1) is 0 Å². The summed E-state index contributed by atoms with van der Waals surface area (Å²) in [6.07, 6.45) is 0. The summed E-state index contributed by atoms with van der Waals surface area (Å²) in [5.74, 6) is 1.68. The molecule has 19 heavy (non-hydrogen) atoms. The first kappa shape index (κ1) is 12.5. The SMILES string of the molecule is Cc1c(CBr)cccc1-c1ccc2c(c1)OCCO2. The van der Waals surface area contributed by atoms with Crippen LogP contribution < -0.4 is 9.47 Å². The molecule has 2 nitrogen and oxygen atoms in total. The highest BCUT2D eigenvalue weighted by atomic mass is 79.9. The predicted octanol–water partition coefficient (Wildman–Crippen LogP) is 4.33. The Morgan fingerprint density at radius 1 is 1.05 bits per heavy atom. The molecular weight excluding hydrogens is 304 g/mol. The second-order valence-electron chi connectivity index (χ2n) is 4.58. The van der Waals surface area contributed by atoms with Crippen LogP contribution in [0.3, 0.4) is 0 Å². The lowest BCUT2D eigenvalue weighted by Gasteiger charge is -2.19. The predicted molar refractivity (Wildman–Crippen MR) is 80.2 cm³/mol. The first-order chi connectivity index (χ1) is 9.29. The van der Waals surface area contributed by atoms with Crippen molar-refractivity contribution in [3.8, 4) is 22.6 Å². The summed E-state index contributed by atoms with van der Waals surface area (Å²) >= 11 is 3.53. The fourth-order valence-electron chi connectivity index (χ4n) is 2.35. The largest absolute Gasteiger partial charge is 0.486 e. The highest BCUT2D eigenvalue weighted by Crippen LogP contribution is 2.36. The molecular formula is C16H15BrO2. The van der Waals surface area contributed by atoms with Gasteiger partial charge in [0.2, 0.25) is 0 Å². The maximum Gasteiger partial charge on any atom is 0.161 e. The van der Waals surface area contributed by atoms with Gasteiger partial charge in [-0.15, -0.1) is 0 Å². The molecule has 98 valence electrons. The van der Waals surface area contributed by atoms with E-state index in [1.54, 1.807) is 0 Å². The van der Waals surface area contributed by atoms with Crippen LogP contribution in [0.25, 0.3) is 11.1 Å². The number of fused-ring (bicyclic) bond motifs is 1. The Labute approximate surface area is 121 Å². The third kappa shape index (κ3) is 2.35. The standard InChI is InChI=1S/C16H15BrO2/c1-11-13(10-17)3-2-4-14(11)12-5-6-15-16(9-12)19-8-7-18-15/h2-6,9H,7-8,10H2,1H3. The van der Waals surface area contributed by atoms with Crippen molar-refractivity contribution in [2.75, 3.05) is 13.2 Å². The van der Waals surface area contributed by atoms with Crippen molar-refractivity contribution < 1.29 is 9.47 Å². The molecule has 0 aliphatic carbocycles. The maximum atomic E-state index is 5.65. The lowest BCUT2D eigenvalue weighted by Crippen LogP contribution is -2.15. The molecule has 0 saturated carbocycles. The van der Waals surface area contributed by atoms with Crippen LogP contribution in [-0.4, -0.2) is 13.2 Å². The van der Waals surface area contributed by atoms with E-state index >= 15 is 0 Å². The van der Waals surface area contributed by atoms with E-state index in [2.05, 4.69) is 53.2 Å². The van der Waals surface area contributed by atoms with Crippen molar-refractivity contribution in [1.82, 2.24) is 0 Å². The molecule has 0 N–H and O–H groups in total. The number of alkyl halides is 1. The summed E-state index contributed by atoms with van der Waals surface area (Å²) in [7, 11) is 0. The van der Waals surface area contributed by atoms with Crippen molar-refractivity contribution in [3.63, 3.8) is 0 Å². The van der Waals surface area contributed by atoms with Gasteiger partial charge in [0.25, 0.3) is 0 Å². The molecule has 0 amide bonds. The second-order valence-corrected chi connectivity index (χ2v) is 5.14.